The molecule has 3 heterocycles. The molecule has 2 aliphatic rings. The Labute approximate surface area is 172 Å². The fourth-order valence-electron chi connectivity index (χ4n) is 3.42. The number of nitrogens with zero attached hydrogens (tertiary/aromatic N) is 4. The molecule has 0 spiro atoms. The molecule has 0 saturated carbocycles. The van der Waals surface area contributed by atoms with Crippen molar-refractivity contribution in [3.8, 4) is 5.88 Å². The van der Waals surface area contributed by atoms with E-state index in [2.05, 4.69) is 32.1 Å². The van der Waals surface area contributed by atoms with E-state index in [9.17, 15) is 0 Å². The van der Waals surface area contributed by atoms with E-state index in [1.165, 1.54) is 6.20 Å². The third kappa shape index (κ3) is 5.04. The minimum Gasteiger partial charge on any atom is -0.478 e. The molecule has 158 valence electrons. The lowest BCUT2D eigenvalue weighted by atomic mass is 10.2. The van der Waals surface area contributed by atoms with Gasteiger partial charge in [0, 0.05) is 19.3 Å². The smallest absolute Gasteiger partial charge is 0.232 e. The molecule has 0 aromatic carbocycles. The summed E-state index contributed by atoms with van der Waals surface area (Å²) in [5, 5.41) is 6.20. The molecule has 0 aliphatic carbocycles. The lowest BCUT2D eigenvalue weighted by Crippen LogP contribution is -2.48. The lowest BCUT2D eigenvalue weighted by molar-refractivity contribution is -0.0572. The maximum absolute atomic E-state index is 5.87. The molecule has 4 N–H and O–H groups in total. The molecule has 1 atom stereocenters. The minimum atomic E-state index is 0.253. The van der Waals surface area contributed by atoms with Crippen molar-refractivity contribution in [2.45, 2.75) is 39.3 Å². The molecule has 0 radical (unpaired) electrons. The molecule has 0 amide bonds. The van der Waals surface area contributed by atoms with Crippen LogP contribution in [0, 0.1) is 6.92 Å². The van der Waals surface area contributed by atoms with Gasteiger partial charge in [0.2, 0.25) is 11.8 Å². The van der Waals surface area contributed by atoms with E-state index in [4.69, 9.17) is 20.2 Å². The number of nitrogens with two attached hydrogens (primary N) is 1. The van der Waals surface area contributed by atoms with E-state index in [1.807, 2.05) is 20.8 Å². The third-order valence-electron chi connectivity index (χ3n) is 5.13. The van der Waals surface area contributed by atoms with E-state index < -0.39 is 0 Å². The van der Waals surface area contributed by atoms with Crippen molar-refractivity contribution in [2.75, 3.05) is 43.5 Å². The molecule has 29 heavy (non-hydrogen) atoms. The summed E-state index contributed by atoms with van der Waals surface area (Å²) in [5.74, 6) is 1.52. The minimum absolute atomic E-state index is 0.253. The first-order valence-corrected chi connectivity index (χ1v) is 10.00. The molecule has 1 aromatic heterocycles. The molecule has 1 unspecified atom stereocenters. The fraction of sp³-hybridized carbons (Fsp3) is 0.550. The maximum Gasteiger partial charge on any atom is 0.232 e. The zero-order chi connectivity index (χ0) is 20.8. The van der Waals surface area contributed by atoms with Gasteiger partial charge in [-0.25, -0.2) is 0 Å². The van der Waals surface area contributed by atoms with Gasteiger partial charge >= 0.3 is 0 Å². The summed E-state index contributed by atoms with van der Waals surface area (Å²) in [5.41, 5.74) is 8.18. The zero-order valence-electron chi connectivity index (χ0n) is 17.4. The highest BCUT2D eigenvalue weighted by molar-refractivity contribution is 6.00. The molecular weight excluding hydrogens is 370 g/mol. The monoisotopic (exact) mass is 401 g/mol. The first kappa shape index (κ1) is 21.1. The van der Waals surface area contributed by atoms with E-state index in [-0.39, 0.29) is 6.04 Å². The molecular formula is C20H31N7O2. The molecule has 2 fully saturated rings. The van der Waals surface area contributed by atoms with Crippen LogP contribution in [-0.2, 0) is 4.74 Å². The SMILES string of the molecule is C=CNc1nc(NC(=CN)C(C)=NC2CCN(C3COC3)C2)nc(OCC)c1C. The van der Waals surface area contributed by atoms with Crippen LogP contribution in [0.4, 0.5) is 11.8 Å². The Bertz CT molecular complexity index is 789. The van der Waals surface area contributed by atoms with Gasteiger partial charge in [0.25, 0.3) is 0 Å². The van der Waals surface area contributed by atoms with E-state index in [0.29, 0.717) is 36.0 Å². The number of anilines is 2. The first-order valence-electron chi connectivity index (χ1n) is 10.00. The van der Waals surface area contributed by atoms with Gasteiger partial charge in [-0.1, -0.05) is 6.58 Å². The van der Waals surface area contributed by atoms with Crippen LogP contribution >= 0.6 is 0 Å². The molecule has 9 nitrogen and oxygen atoms in total. The van der Waals surface area contributed by atoms with Crippen LogP contribution in [0.15, 0.2) is 29.7 Å². The number of hydrogen-bond donors (Lipinski definition) is 3. The van der Waals surface area contributed by atoms with Crippen LogP contribution in [0.1, 0.15) is 25.8 Å². The van der Waals surface area contributed by atoms with Gasteiger partial charge in [-0.3, -0.25) is 9.89 Å². The van der Waals surface area contributed by atoms with Gasteiger partial charge in [-0.2, -0.15) is 9.97 Å². The van der Waals surface area contributed by atoms with E-state index in [0.717, 1.165) is 44.0 Å². The van der Waals surface area contributed by atoms with Crippen LogP contribution in [0.3, 0.4) is 0 Å². The molecule has 2 aliphatic heterocycles. The van der Waals surface area contributed by atoms with Crippen LogP contribution in [0.5, 0.6) is 5.88 Å². The predicted octanol–water partition coefficient (Wildman–Crippen LogP) is 1.89. The topological polar surface area (TPSA) is 110 Å². The maximum atomic E-state index is 5.87. The number of aromatic nitrogens is 2. The summed E-state index contributed by atoms with van der Waals surface area (Å²) in [7, 11) is 0. The summed E-state index contributed by atoms with van der Waals surface area (Å²) in [6.07, 6.45) is 4.10. The predicted molar refractivity (Wildman–Crippen MR) is 115 cm³/mol. The third-order valence-corrected chi connectivity index (χ3v) is 5.13. The Hall–Kier alpha value is -2.65. The second-order valence-electron chi connectivity index (χ2n) is 7.16. The van der Waals surface area contributed by atoms with Crippen molar-refractivity contribution in [3.63, 3.8) is 0 Å². The van der Waals surface area contributed by atoms with Crippen molar-refractivity contribution in [1.29, 1.82) is 0 Å². The zero-order valence-corrected chi connectivity index (χ0v) is 17.4. The largest absolute Gasteiger partial charge is 0.478 e. The molecule has 2 saturated heterocycles. The number of rotatable bonds is 9. The van der Waals surface area contributed by atoms with Crippen molar-refractivity contribution in [1.82, 2.24) is 14.9 Å². The summed E-state index contributed by atoms with van der Waals surface area (Å²) >= 11 is 0. The summed E-state index contributed by atoms with van der Waals surface area (Å²) in [4.78, 5) is 16.3. The highest BCUT2D eigenvalue weighted by Crippen LogP contribution is 2.25. The number of likely N-dealkylation sites (tertiary alicyclic amines) is 1. The Morgan fingerprint density at radius 1 is 1.45 bits per heavy atom. The van der Waals surface area contributed by atoms with Gasteiger partial charge < -0.3 is 25.8 Å². The lowest BCUT2D eigenvalue weighted by Gasteiger charge is -2.34. The Kier molecular flexibility index (Phi) is 7.05. The van der Waals surface area contributed by atoms with Crippen LogP contribution < -0.4 is 21.1 Å². The summed E-state index contributed by atoms with van der Waals surface area (Å²) in [6.45, 7) is 13.6. The van der Waals surface area contributed by atoms with E-state index >= 15 is 0 Å². The molecule has 9 heteroatoms. The Morgan fingerprint density at radius 2 is 2.24 bits per heavy atom. The number of ether oxygens (including phenoxy) is 2. The van der Waals surface area contributed by atoms with Crippen molar-refractivity contribution in [3.05, 3.63) is 30.2 Å². The average Bonchev–Trinajstić information content (AvgIpc) is 3.09. The Morgan fingerprint density at radius 3 is 2.86 bits per heavy atom. The van der Waals surface area contributed by atoms with Crippen molar-refractivity contribution >= 4 is 17.5 Å². The van der Waals surface area contributed by atoms with Gasteiger partial charge in [-0.15, -0.1) is 0 Å². The second-order valence-corrected chi connectivity index (χ2v) is 7.16. The van der Waals surface area contributed by atoms with Crippen LogP contribution in [-0.4, -0.2) is 65.6 Å². The Balaban J connectivity index is 1.72. The fourth-order valence-corrected chi connectivity index (χ4v) is 3.42. The molecule has 1 aromatic rings. The van der Waals surface area contributed by atoms with Crippen molar-refractivity contribution < 1.29 is 9.47 Å². The van der Waals surface area contributed by atoms with Crippen LogP contribution in [0.25, 0.3) is 0 Å². The highest BCUT2D eigenvalue weighted by Gasteiger charge is 2.32. The number of hydrogen-bond acceptors (Lipinski definition) is 9. The van der Waals surface area contributed by atoms with E-state index in [1.54, 1.807) is 6.20 Å². The standard InChI is InChI=1S/C20H31N7O2/c1-5-22-18-13(3)19(29-6-2)26-20(25-18)24-17(9-21)14(4)23-15-7-8-27(10-15)16-11-28-12-16/h5,9,15-16H,1,6-8,10-12,21H2,2-4H3,(H2,22,24,25,26). The van der Waals surface area contributed by atoms with Gasteiger partial charge in [0.15, 0.2) is 0 Å². The summed E-state index contributed by atoms with van der Waals surface area (Å²) in [6, 6.07) is 0.801. The second kappa shape index (κ2) is 9.71. The van der Waals surface area contributed by atoms with Gasteiger partial charge in [-0.05, 0) is 33.4 Å². The normalized spacial score (nSPS) is 21.0. The quantitative estimate of drug-likeness (QED) is 0.538. The highest BCUT2D eigenvalue weighted by atomic mass is 16.5. The first-order chi connectivity index (χ1) is 14.0. The molecule has 3 rings (SSSR count). The number of nitrogens with one attached hydrogen (secondary N) is 2. The molecule has 0 bridgehead atoms. The van der Waals surface area contributed by atoms with Crippen molar-refractivity contribution in [2.24, 2.45) is 10.7 Å². The summed E-state index contributed by atoms with van der Waals surface area (Å²) < 4.78 is 10.9. The average molecular weight is 402 g/mol. The van der Waals surface area contributed by atoms with Gasteiger partial charge in [0.1, 0.15) is 5.82 Å². The number of allylic oxidation sites excluding steroid dienone is 1. The number of aliphatic imine (C=N–C) groups is 1. The van der Waals surface area contributed by atoms with Gasteiger partial charge in [0.05, 0.1) is 48.9 Å². The van der Waals surface area contributed by atoms with Crippen LogP contribution in [0.2, 0.25) is 0 Å².